The van der Waals surface area contributed by atoms with Gasteiger partial charge in [0.05, 0.1) is 0 Å². The maximum Gasteiger partial charge on any atom is 0.0411 e. The Morgan fingerprint density at radius 1 is 1.29 bits per heavy atom. The highest BCUT2D eigenvalue weighted by Gasteiger charge is 2.16. The molecule has 1 nitrogen and oxygen atoms in total. The minimum atomic E-state index is 0.547. The molecule has 0 bridgehead atoms. The lowest BCUT2D eigenvalue weighted by molar-refractivity contribution is 0.579. The van der Waals surface area contributed by atoms with Gasteiger partial charge in [0.1, 0.15) is 0 Å². The van der Waals surface area contributed by atoms with Gasteiger partial charge < -0.3 is 5.32 Å². The van der Waals surface area contributed by atoms with Gasteiger partial charge in [0.25, 0.3) is 0 Å². The van der Waals surface area contributed by atoms with E-state index in [0.717, 1.165) is 11.8 Å². The van der Waals surface area contributed by atoms with E-state index in [9.17, 15) is 0 Å². The van der Waals surface area contributed by atoms with Gasteiger partial charge in [-0.2, -0.15) is 11.8 Å². The standard InChI is InChI=1S/C12H17NS/c1-10-7-8-13-12(9-14-10)11-5-3-2-4-6-11/h2-6,10,12-13H,7-9H2,1H3. The fourth-order valence-corrected chi connectivity index (χ4v) is 2.88. The lowest BCUT2D eigenvalue weighted by atomic mass is 10.1. The van der Waals surface area contributed by atoms with Crippen LogP contribution in [0.25, 0.3) is 0 Å². The number of nitrogens with one attached hydrogen (secondary N) is 1. The highest BCUT2D eigenvalue weighted by molar-refractivity contribution is 7.99. The Kier molecular flexibility index (Phi) is 3.49. The van der Waals surface area contributed by atoms with Crippen LogP contribution in [0, 0.1) is 0 Å². The van der Waals surface area contributed by atoms with Crippen LogP contribution < -0.4 is 5.32 Å². The third kappa shape index (κ3) is 2.52. The maximum atomic E-state index is 3.61. The fourth-order valence-electron chi connectivity index (χ4n) is 1.76. The number of rotatable bonds is 1. The van der Waals surface area contributed by atoms with E-state index in [1.165, 1.54) is 17.7 Å². The van der Waals surface area contributed by atoms with Crippen LogP contribution in [0.5, 0.6) is 0 Å². The van der Waals surface area contributed by atoms with E-state index in [-0.39, 0.29) is 0 Å². The van der Waals surface area contributed by atoms with Crippen molar-refractivity contribution in [3.8, 4) is 0 Å². The third-order valence-corrected chi connectivity index (χ3v) is 4.02. The smallest absolute Gasteiger partial charge is 0.0411 e. The molecule has 1 heterocycles. The molecule has 0 radical (unpaired) electrons. The molecule has 1 aliphatic heterocycles. The predicted molar refractivity (Wildman–Crippen MR) is 63.7 cm³/mol. The van der Waals surface area contributed by atoms with Crippen LogP contribution in [0.15, 0.2) is 30.3 Å². The van der Waals surface area contributed by atoms with Crippen molar-refractivity contribution in [1.82, 2.24) is 5.32 Å². The lowest BCUT2D eigenvalue weighted by Crippen LogP contribution is -2.22. The Balaban J connectivity index is 2.04. The zero-order valence-corrected chi connectivity index (χ0v) is 9.39. The summed E-state index contributed by atoms with van der Waals surface area (Å²) in [5.41, 5.74) is 1.43. The summed E-state index contributed by atoms with van der Waals surface area (Å²) in [6.07, 6.45) is 1.29. The van der Waals surface area contributed by atoms with Crippen LogP contribution in [0.3, 0.4) is 0 Å². The van der Waals surface area contributed by atoms with E-state index in [1.807, 2.05) is 0 Å². The average molecular weight is 207 g/mol. The Morgan fingerprint density at radius 2 is 2.07 bits per heavy atom. The van der Waals surface area contributed by atoms with Gasteiger partial charge in [-0.15, -0.1) is 0 Å². The molecular formula is C12H17NS. The monoisotopic (exact) mass is 207 g/mol. The van der Waals surface area contributed by atoms with Gasteiger partial charge in [-0.3, -0.25) is 0 Å². The molecule has 1 fully saturated rings. The molecule has 0 saturated carbocycles. The lowest BCUT2D eigenvalue weighted by Gasteiger charge is -2.15. The van der Waals surface area contributed by atoms with Crippen LogP contribution in [-0.2, 0) is 0 Å². The summed E-state index contributed by atoms with van der Waals surface area (Å²) in [7, 11) is 0. The number of benzene rings is 1. The molecule has 76 valence electrons. The van der Waals surface area contributed by atoms with Crippen LogP contribution >= 0.6 is 11.8 Å². The normalized spacial score (nSPS) is 28.4. The van der Waals surface area contributed by atoms with E-state index >= 15 is 0 Å². The predicted octanol–water partition coefficient (Wildman–Crippen LogP) is 2.84. The molecule has 14 heavy (non-hydrogen) atoms. The molecular weight excluding hydrogens is 190 g/mol. The first-order valence-corrected chi connectivity index (χ1v) is 6.31. The number of hydrogen-bond acceptors (Lipinski definition) is 2. The minimum Gasteiger partial charge on any atom is -0.309 e. The van der Waals surface area contributed by atoms with Gasteiger partial charge in [0, 0.05) is 17.0 Å². The van der Waals surface area contributed by atoms with Crippen LogP contribution in [0.4, 0.5) is 0 Å². The van der Waals surface area contributed by atoms with Gasteiger partial charge in [0.2, 0.25) is 0 Å². The van der Waals surface area contributed by atoms with Gasteiger partial charge in [0.15, 0.2) is 0 Å². The van der Waals surface area contributed by atoms with Crippen molar-refractivity contribution in [3.05, 3.63) is 35.9 Å². The van der Waals surface area contributed by atoms with Crippen molar-refractivity contribution in [1.29, 1.82) is 0 Å². The number of thioether (sulfide) groups is 1. The summed E-state index contributed by atoms with van der Waals surface area (Å²) in [4.78, 5) is 0. The molecule has 0 aliphatic carbocycles. The Hall–Kier alpha value is -0.470. The zero-order chi connectivity index (χ0) is 9.80. The second-order valence-electron chi connectivity index (χ2n) is 3.85. The Bertz CT molecular complexity index is 273. The molecule has 1 aromatic rings. The van der Waals surface area contributed by atoms with E-state index in [0.29, 0.717) is 6.04 Å². The summed E-state index contributed by atoms with van der Waals surface area (Å²) in [6, 6.07) is 11.3. The molecule has 0 spiro atoms. The average Bonchev–Trinajstić information content (AvgIpc) is 2.44. The van der Waals surface area contributed by atoms with Crippen molar-refractivity contribution in [2.75, 3.05) is 12.3 Å². The van der Waals surface area contributed by atoms with Gasteiger partial charge in [-0.1, -0.05) is 37.3 Å². The molecule has 2 atom stereocenters. The summed E-state index contributed by atoms with van der Waals surface area (Å²) >= 11 is 2.08. The molecule has 2 unspecified atom stereocenters. The van der Waals surface area contributed by atoms with Crippen molar-refractivity contribution >= 4 is 11.8 Å². The minimum absolute atomic E-state index is 0.547. The SMILES string of the molecule is CC1CCNC(c2ccccc2)CS1. The Morgan fingerprint density at radius 3 is 2.86 bits per heavy atom. The first kappa shape index (κ1) is 10.1. The van der Waals surface area contributed by atoms with Gasteiger partial charge >= 0.3 is 0 Å². The first-order valence-electron chi connectivity index (χ1n) is 5.26. The largest absolute Gasteiger partial charge is 0.309 e. The van der Waals surface area contributed by atoms with Crippen LogP contribution in [0.2, 0.25) is 0 Å². The van der Waals surface area contributed by atoms with E-state index in [4.69, 9.17) is 0 Å². The zero-order valence-electron chi connectivity index (χ0n) is 8.57. The summed E-state index contributed by atoms with van der Waals surface area (Å²) in [6.45, 7) is 3.47. The molecule has 1 aliphatic rings. The third-order valence-electron chi connectivity index (χ3n) is 2.69. The summed E-state index contributed by atoms with van der Waals surface area (Å²) < 4.78 is 0. The highest BCUT2D eigenvalue weighted by Crippen LogP contribution is 2.25. The maximum absolute atomic E-state index is 3.61. The van der Waals surface area contributed by atoms with E-state index in [2.05, 4.69) is 54.3 Å². The van der Waals surface area contributed by atoms with Gasteiger partial charge in [-0.05, 0) is 18.5 Å². The van der Waals surface area contributed by atoms with Crippen molar-refractivity contribution in [3.63, 3.8) is 0 Å². The molecule has 0 aromatic heterocycles. The second kappa shape index (κ2) is 4.85. The molecule has 2 heteroatoms. The fraction of sp³-hybridized carbons (Fsp3) is 0.500. The molecule has 1 N–H and O–H groups in total. The first-order chi connectivity index (χ1) is 6.86. The van der Waals surface area contributed by atoms with Crippen molar-refractivity contribution in [2.24, 2.45) is 0 Å². The van der Waals surface area contributed by atoms with Gasteiger partial charge in [-0.25, -0.2) is 0 Å². The summed E-state index contributed by atoms with van der Waals surface area (Å²) in [5, 5.41) is 4.41. The highest BCUT2D eigenvalue weighted by atomic mass is 32.2. The summed E-state index contributed by atoms with van der Waals surface area (Å²) in [5.74, 6) is 1.20. The second-order valence-corrected chi connectivity index (χ2v) is 5.32. The topological polar surface area (TPSA) is 12.0 Å². The molecule has 2 rings (SSSR count). The van der Waals surface area contributed by atoms with E-state index in [1.54, 1.807) is 0 Å². The van der Waals surface area contributed by atoms with Crippen molar-refractivity contribution < 1.29 is 0 Å². The van der Waals surface area contributed by atoms with E-state index < -0.39 is 0 Å². The van der Waals surface area contributed by atoms with Crippen LogP contribution in [-0.4, -0.2) is 17.5 Å². The Labute approximate surface area is 90.3 Å². The molecule has 1 aromatic carbocycles. The molecule has 0 amide bonds. The van der Waals surface area contributed by atoms with Crippen LogP contribution in [0.1, 0.15) is 24.9 Å². The number of hydrogen-bond donors (Lipinski definition) is 1. The van der Waals surface area contributed by atoms with Crippen molar-refractivity contribution in [2.45, 2.75) is 24.6 Å². The quantitative estimate of drug-likeness (QED) is 0.760. The molecule has 1 saturated heterocycles.